The van der Waals surface area contributed by atoms with Crippen LogP contribution in [0.15, 0.2) is 30.3 Å². The van der Waals surface area contributed by atoms with E-state index in [9.17, 15) is 4.79 Å². The van der Waals surface area contributed by atoms with Crippen LogP contribution in [0.3, 0.4) is 0 Å². The highest BCUT2D eigenvalue weighted by atomic mass is 32.1. The molecule has 3 atom stereocenters. The molecule has 0 saturated carbocycles. The van der Waals surface area contributed by atoms with Gasteiger partial charge in [0.25, 0.3) is 0 Å². The van der Waals surface area contributed by atoms with Crippen LogP contribution in [0.4, 0.5) is 0 Å². The SMILES string of the molecule is CC[C@H](C)[C@@H](CNCCc1ccccc1)NC(=O)[C@@H](N)CS. The summed E-state index contributed by atoms with van der Waals surface area (Å²) in [5.74, 6) is 0.644. The van der Waals surface area contributed by atoms with Crippen molar-refractivity contribution in [1.82, 2.24) is 10.6 Å². The van der Waals surface area contributed by atoms with E-state index in [0.717, 1.165) is 25.9 Å². The van der Waals surface area contributed by atoms with E-state index in [1.807, 2.05) is 6.07 Å². The number of benzene rings is 1. The van der Waals surface area contributed by atoms with Gasteiger partial charge in [0.05, 0.1) is 6.04 Å². The van der Waals surface area contributed by atoms with Crippen molar-refractivity contribution in [2.45, 2.75) is 38.8 Å². The van der Waals surface area contributed by atoms with Crippen LogP contribution in [0.2, 0.25) is 0 Å². The topological polar surface area (TPSA) is 67.1 Å². The van der Waals surface area contributed by atoms with Gasteiger partial charge in [-0.15, -0.1) is 0 Å². The molecule has 0 aromatic heterocycles. The van der Waals surface area contributed by atoms with Crippen molar-refractivity contribution in [3.8, 4) is 0 Å². The Kier molecular flexibility index (Phi) is 9.20. The van der Waals surface area contributed by atoms with Gasteiger partial charge in [0.15, 0.2) is 0 Å². The lowest BCUT2D eigenvalue weighted by molar-refractivity contribution is -0.122. The smallest absolute Gasteiger partial charge is 0.238 e. The molecule has 0 bridgehead atoms. The van der Waals surface area contributed by atoms with Crippen molar-refractivity contribution in [1.29, 1.82) is 0 Å². The third-order valence-corrected chi connectivity index (χ3v) is 4.38. The average Bonchev–Trinajstić information content (AvgIpc) is 2.56. The third kappa shape index (κ3) is 6.81. The van der Waals surface area contributed by atoms with Crippen molar-refractivity contribution in [3.63, 3.8) is 0 Å². The molecule has 0 aliphatic carbocycles. The van der Waals surface area contributed by atoms with Gasteiger partial charge in [0.2, 0.25) is 5.91 Å². The van der Waals surface area contributed by atoms with Crippen LogP contribution in [0.1, 0.15) is 25.8 Å². The highest BCUT2D eigenvalue weighted by molar-refractivity contribution is 7.80. The number of hydrogen-bond acceptors (Lipinski definition) is 4. The average molecular weight is 324 g/mol. The number of hydrogen-bond donors (Lipinski definition) is 4. The molecule has 1 rings (SSSR count). The zero-order valence-corrected chi connectivity index (χ0v) is 14.5. The Hall–Kier alpha value is -1.04. The molecule has 22 heavy (non-hydrogen) atoms. The number of amides is 1. The van der Waals surface area contributed by atoms with Crippen LogP contribution in [0.25, 0.3) is 0 Å². The summed E-state index contributed by atoms with van der Waals surface area (Å²) in [6, 6.07) is 9.93. The van der Waals surface area contributed by atoms with E-state index in [2.05, 4.69) is 61.4 Å². The van der Waals surface area contributed by atoms with E-state index in [4.69, 9.17) is 5.73 Å². The van der Waals surface area contributed by atoms with Crippen LogP contribution in [0.5, 0.6) is 0 Å². The maximum atomic E-state index is 11.9. The minimum Gasteiger partial charge on any atom is -0.350 e. The molecular formula is C17H29N3OS. The van der Waals surface area contributed by atoms with Gasteiger partial charge in [-0.05, 0) is 24.4 Å². The minimum atomic E-state index is -0.542. The molecule has 1 amide bonds. The quantitative estimate of drug-likeness (QED) is 0.391. The Morgan fingerprint density at radius 1 is 1.32 bits per heavy atom. The highest BCUT2D eigenvalue weighted by Gasteiger charge is 2.20. The summed E-state index contributed by atoms with van der Waals surface area (Å²) in [6.45, 7) is 5.93. The molecule has 4 nitrogen and oxygen atoms in total. The number of carbonyl (C=O) groups is 1. The summed E-state index contributed by atoms with van der Waals surface area (Å²) in [7, 11) is 0. The van der Waals surface area contributed by atoms with Gasteiger partial charge in [0.1, 0.15) is 0 Å². The first-order valence-electron chi connectivity index (χ1n) is 7.99. The molecule has 0 unspecified atom stereocenters. The normalized spacial score (nSPS) is 15.1. The molecule has 1 aromatic carbocycles. The summed E-state index contributed by atoms with van der Waals surface area (Å²) in [5.41, 5.74) is 7.04. The van der Waals surface area contributed by atoms with Crippen molar-refractivity contribution in [2.75, 3.05) is 18.8 Å². The molecule has 5 heteroatoms. The molecule has 0 aliphatic heterocycles. The number of rotatable bonds is 10. The summed E-state index contributed by atoms with van der Waals surface area (Å²) in [6.07, 6.45) is 2.00. The van der Waals surface area contributed by atoms with Gasteiger partial charge < -0.3 is 16.4 Å². The van der Waals surface area contributed by atoms with Crippen LogP contribution >= 0.6 is 12.6 Å². The van der Waals surface area contributed by atoms with Gasteiger partial charge in [-0.25, -0.2) is 0 Å². The van der Waals surface area contributed by atoms with E-state index in [-0.39, 0.29) is 11.9 Å². The second-order valence-corrected chi connectivity index (χ2v) is 6.09. The lowest BCUT2D eigenvalue weighted by Gasteiger charge is -2.26. The fourth-order valence-electron chi connectivity index (χ4n) is 2.19. The fraction of sp³-hybridized carbons (Fsp3) is 0.588. The molecule has 0 spiro atoms. The summed E-state index contributed by atoms with van der Waals surface area (Å²) >= 11 is 4.08. The molecule has 4 N–H and O–H groups in total. The predicted molar refractivity (Wildman–Crippen MR) is 96.2 cm³/mol. The van der Waals surface area contributed by atoms with Gasteiger partial charge >= 0.3 is 0 Å². The molecule has 1 aromatic rings. The second-order valence-electron chi connectivity index (χ2n) is 5.73. The largest absolute Gasteiger partial charge is 0.350 e. The molecular weight excluding hydrogens is 294 g/mol. The standard InChI is InChI=1S/C17H29N3OS/c1-3-13(2)16(20-17(21)15(18)12-22)11-19-10-9-14-7-5-4-6-8-14/h4-8,13,15-16,19,22H,3,9-12,18H2,1-2H3,(H,20,21)/t13-,15-,16+/m0/s1. The van der Waals surface area contributed by atoms with Gasteiger partial charge in [-0.1, -0.05) is 50.6 Å². The Balaban J connectivity index is 2.39. The Morgan fingerprint density at radius 2 is 2.00 bits per heavy atom. The first-order valence-corrected chi connectivity index (χ1v) is 8.63. The zero-order chi connectivity index (χ0) is 16.4. The number of thiol groups is 1. The van der Waals surface area contributed by atoms with Crippen molar-refractivity contribution in [3.05, 3.63) is 35.9 Å². The Bertz CT molecular complexity index is 427. The van der Waals surface area contributed by atoms with Crippen molar-refractivity contribution < 1.29 is 4.79 Å². The van der Waals surface area contributed by atoms with Crippen LogP contribution < -0.4 is 16.4 Å². The molecule has 0 aliphatic rings. The van der Waals surface area contributed by atoms with E-state index in [0.29, 0.717) is 11.7 Å². The summed E-state index contributed by atoms with van der Waals surface area (Å²) < 4.78 is 0. The van der Waals surface area contributed by atoms with Gasteiger partial charge in [0, 0.05) is 18.3 Å². The lowest BCUT2D eigenvalue weighted by Crippen LogP contribution is -2.52. The monoisotopic (exact) mass is 323 g/mol. The molecule has 0 saturated heterocycles. The zero-order valence-electron chi connectivity index (χ0n) is 13.6. The van der Waals surface area contributed by atoms with E-state index in [1.165, 1.54) is 5.56 Å². The maximum absolute atomic E-state index is 11.9. The molecule has 124 valence electrons. The molecule has 0 heterocycles. The summed E-state index contributed by atoms with van der Waals surface area (Å²) in [5, 5.41) is 6.48. The second kappa shape index (κ2) is 10.6. The van der Waals surface area contributed by atoms with Crippen LogP contribution in [0, 0.1) is 5.92 Å². The maximum Gasteiger partial charge on any atom is 0.238 e. The Labute approximate surface area is 139 Å². The lowest BCUT2D eigenvalue weighted by atomic mass is 9.98. The van der Waals surface area contributed by atoms with E-state index < -0.39 is 6.04 Å². The number of nitrogens with one attached hydrogen (secondary N) is 2. The van der Waals surface area contributed by atoms with Gasteiger partial charge in [-0.2, -0.15) is 12.6 Å². The first kappa shape index (κ1) is 19.0. The van der Waals surface area contributed by atoms with Crippen LogP contribution in [-0.4, -0.2) is 36.8 Å². The minimum absolute atomic E-state index is 0.0965. The van der Waals surface area contributed by atoms with Crippen molar-refractivity contribution in [2.24, 2.45) is 11.7 Å². The van der Waals surface area contributed by atoms with Crippen LogP contribution in [-0.2, 0) is 11.2 Å². The van der Waals surface area contributed by atoms with E-state index in [1.54, 1.807) is 0 Å². The molecule has 0 radical (unpaired) electrons. The summed E-state index contributed by atoms with van der Waals surface area (Å²) in [4.78, 5) is 11.9. The molecule has 0 fully saturated rings. The first-order chi connectivity index (χ1) is 10.6. The number of carbonyl (C=O) groups excluding carboxylic acids is 1. The third-order valence-electron chi connectivity index (χ3n) is 3.99. The van der Waals surface area contributed by atoms with E-state index >= 15 is 0 Å². The van der Waals surface area contributed by atoms with Gasteiger partial charge in [-0.3, -0.25) is 4.79 Å². The van der Waals surface area contributed by atoms with Crippen molar-refractivity contribution >= 4 is 18.5 Å². The fourth-order valence-corrected chi connectivity index (χ4v) is 2.35. The Morgan fingerprint density at radius 3 is 2.59 bits per heavy atom. The number of nitrogens with two attached hydrogens (primary N) is 1. The highest BCUT2D eigenvalue weighted by Crippen LogP contribution is 2.07. The predicted octanol–water partition coefficient (Wildman–Crippen LogP) is 1.61.